The van der Waals surface area contributed by atoms with Gasteiger partial charge in [0, 0.05) is 29.2 Å². The number of nitrogens with one attached hydrogen (secondary N) is 1. The highest BCUT2D eigenvalue weighted by Crippen LogP contribution is 2.22. The molecule has 1 aliphatic rings. The van der Waals surface area contributed by atoms with Crippen LogP contribution in [0.25, 0.3) is 0 Å². The fourth-order valence-electron chi connectivity index (χ4n) is 2.78. The van der Waals surface area contributed by atoms with Crippen molar-refractivity contribution in [3.05, 3.63) is 33.8 Å². The van der Waals surface area contributed by atoms with Gasteiger partial charge < -0.3 is 10.2 Å². The zero-order chi connectivity index (χ0) is 14.4. The molecule has 1 aromatic rings. The van der Waals surface area contributed by atoms with Crippen LogP contribution < -0.4 is 5.32 Å². The summed E-state index contributed by atoms with van der Waals surface area (Å²) in [7, 11) is 0. The van der Waals surface area contributed by atoms with Crippen LogP contribution in [0.4, 0.5) is 0 Å². The Labute approximate surface area is 132 Å². The van der Waals surface area contributed by atoms with E-state index in [4.69, 9.17) is 23.2 Å². The van der Waals surface area contributed by atoms with Crippen molar-refractivity contribution in [1.29, 1.82) is 0 Å². The molecule has 0 saturated carbocycles. The minimum Gasteiger partial charge on any atom is -0.313 e. The Bertz CT molecular complexity index is 423. The maximum atomic E-state index is 6.23. The molecule has 0 radical (unpaired) electrons. The first kappa shape index (κ1) is 16.1. The maximum Gasteiger partial charge on any atom is 0.0453 e. The van der Waals surface area contributed by atoms with E-state index in [2.05, 4.69) is 17.1 Å². The number of hydrogen-bond donors (Lipinski definition) is 1. The third kappa shape index (κ3) is 4.92. The van der Waals surface area contributed by atoms with Gasteiger partial charge in [-0.1, -0.05) is 36.2 Å². The molecule has 1 heterocycles. The fraction of sp³-hybridized carbons (Fsp3) is 0.625. The molecule has 2 nitrogen and oxygen atoms in total. The minimum absolute atomic E-state index is 0.657. The van der Waals surface area contributed by atoms with Crippen LogP contribution in [0.1, 0.15) is 31.7 Å². The van der Waals surface area contributed by atoms with Gasteiger partial charge in [0.1, 0.15) is 0 Å². The van der Waals surface area contributed by atoms with Gasteiger partial charge in [0.05, 0.1) is 0 Å². The Morgan fingerprint density at radius 1 is 1.35 bits per heavy atom. The Morgan fingerprint density at radius 3 is 2.95 bits per heavy atom. The Morgan fingerprint density at radius 2 is 2.20 bits per heavy atom. The molecule has 1 aliphatic heterocycles. The number of likely N-dealkylation sites (tertiary alicyclic amines) is 1. The lowest BCUT2D eigenvalue weighted by molar-refractivity contribution is 0.193. The van der Waals surface area contributed by atoms with Gasteiger partial charge in [0.15, 0.2) is 0 Å². The number of rotatable bonds is 6. The SMILES string of the molecule is CCCNC1CCCN(CCc2ccc(Cl)cc2Cl)C1. The minimum atomic E-state index is 0.657. The van der Waals surface area contributed by atoms with E-state index in [1.807, 2.05) is 18.2 Å². The van der Waals surface area contributed by atoms with Crippen molar-refractivity contribution in [2.75, 3.05) is 26.2 Å². The molecule has 1 fully saturated rings. The van der Waals surface area contributed by atoms with Gasteiger partial charge in [-0.05, 0) is 56.5 Å². The largest absolute Gasteiger partial charge is 0.313 e. The Balaban J connectivity index is 1.81. The molecular formula is C16H24Cl2N2. The van der Waals surface area contributed by atoms with E-state index in [1.165, 1.54) is 31.4 Å². The van der Waals surface area contributed by atoms with Gasteiger partial charge in [-0.2, -0.15) is 0 Å². The predicted octanol–water partition coefficient (Wildman–Crippen LogP) is 4.00. The van der Waals surface area contributed by atoms with Crippen LogP contribution in [-0.4, -0.2) is 37.1 Å². The number of nitrogens with zero attached hydrogens (tertiary/aromatic N) is 1. The molecule has 1 atom stereocenters. The molecule has 0 bridgehead atoms. The molecule has 0 aromatic heterocycles. The molecule has 112 valence electrons. The molecule has 1 unspecified atom stereocenters. The molecular weight excluding hydrogens is 291 g/mol. The van der Waals surface area contributed by atoms with Gasteiger partial charge in [0.2, 0.25) is 0 Å². The van der Waals surface area contributed by atoms with E-state index in [1.54, 1.807) is 0 Å². The van der Waals surface area contributed by atoms with Crippen LogP contribution >= 0.6 is 23.2 Å². The summed E-state index contributed by atoms with van der Waals surface area (Å²) in [5.41, 5.74) is 1.19. The van der Waals surface area contributed by atoms with Crippen LogP contribution in [0.5, 0.6) is 0 Å². The molecule has 1 aromatic carbocycles. The van der Waals surface area contributed by atoms with Crippen molar-refractivity contribution in [3.63, 3.8) is 0 Å². The van der Waals surface area contributed by atoms with Crippen LogP contribution in [0.3, 0.4) is 0 Å². The summed E-state index contributed by atoms with van der Waals surface area (Å²) in [6, 6.07) is 6.45. The zero-order valence-electron chi connectivity index (χ0n) is 12.2. The lowest BCUT2D eigenvalue weighted by Gasteiger charge is -2.33. The van der Waals surface area contributed by atoms with E-state index in [-0.39, 0.29) is 0 Å². The van der Waals surface area contributed by atoms with E-state index < -0.39 is 0 Å². The van der Waals surface area contributed by atoms with E-state index in [0.29, 0.717) is 11.1 Å². The first-order chi connectivity index (χ1) is 9.69. The second kappa shape index (κ2) is 8.23. The third-order valence-corrected chi connectivity index (χ3v) is 4.49. The first-order valence-electron chi connectivity index (χ1n) is 7.58. The Hall–Kier alpha value is -0.280. The summed E-state index contributed by atoms with van der Waals surface area (Å²) in [5, 5.41) is 5.13. The summed E-state index contributed by atoms with van der Waals surface area (Å²) in [4.78, 5) is 2.54. The van der Waals surface area contributed by atoms with E-state index >= 15 is 0 Å². The quantitative estimate of drug-likeness (QED) is 0.853. The van der Waals surface area contributed by atoms with Gasteiger partial charge in [-0.3, -0.25) is 0 Å². The number of benzene rings is 1. The van der Waals surface area contributed by atoms with Crippen molar-refractivity contribution in [2.24, 2.45) is 0 Å². The monoisotopic (exact) mass is 314 g/mol. The van der Waals surface area contributed by atoms with Crippen molar-refractivity contribution in [3.8, 4) is 0 Å². The van der Waals surface area contributed by atoms with Crippen LogP contribution in [0, 0.1) is 0 Å². The van der Waals surface area contributed by atoms with Gasteiger partial charge in [-0.15, -0.1) is 0 Å². The average Bonchev–Trinajstić information content (AvgIpc) is 2.45. The summed E-state index contributed by atoms with van der Waals surface area (Å²) < 4.78 is 0. The zero-order valence-corrected chi connectivity index (χ0v) is 13.7. The predicted molar refractivity (Wildman–Crippen MR) is 87.9 cm³/mol. The normalized spacial score (nSPS) is 20.2. The van der Waals surface area contributed by atoms with Gasteiger partial charge in [-0.25, -0.2) is 0 Å². The van der Waals surface area contributed by atoms with E-state index in [0.717, 1.165) is 31.1 Å². The molecule has 4 heteroatoms. The molecule has 1 saturated heterocycles. The summed E-state index contributed by atoms with van der Waals surface area (Å²) >= 11 is 12.2. The summed E-state index contributed by atoms with van der Waals surface area (Å²) in [5.74, 6) is 0. The second-order valence-electron chi connectivity index (χ2n) is 5.58. The number of hydrogen-bond acceptors (Lipinski definition) is 2. The van der Waals surface area contributed by atoms with Crippen molar-refractivity contribution in [2.45, 2.75) is 38.6 Å². The van der Waals surface area contributed by atoms with Crippen molar-refractivity contribution < 1.29 is 0 Å². The highest BCUT2D eigenvalue weighted by atomic mass is 35.5. The molecule has 20 heavy (non-hydrogen) atoms. The smallest absolute Gasteiger partial charge is 0.0453 e. The highest BCUT2D eigenvalue weighted by molar-refractivity contribution is 6.35. The van der Waals surface area contributed by atoms with E-state index in [9.17, 15) is 0 Å². The first-order valence-corrected chi connectivity index (χ1v) is 8.34. The fourth-order valence-corrected chi connectivity index (χ4v) is 3.28. The lowest BCUT2D eigenvalue weighted by Crippen LogP contribution is -2.46. The molecule has 1 N–H and O–H groups in total. The molecule has 0 spiro atoms. The van der Waals surface area contributed by atoms with Crippen LogP contribution in [-0.2, 0) is 6.42 Å². The molecule has 0 aliphatic carbocycles. The van der Waals surface area contributed by atoms with Crippen molar-refractivity contribution in [1.82, 2.24) is 10.2 Å². The lowest BCUT2D eigenvalue weighted by atomic mass is 10.0. The highest BCUT2D eigenvalue weighted by Gasteiger charge is 2.18. The topological polar surface area (TPSA) is 15.3 Å². The average molecular weight is 315 g/mol. The molecule has 2 rings (SSSR count). The summed E-state index contributed by atoms with van der Waals surface area (Å²) in [6.45, 7) is 6.78. The summed E-state index contributed by atoms with van der Waals surface area (Å²) in [6.07, 6.45) is 4.79. The van der Waals surface area contributed by atoms with Crippen LogP contribution in [0.2, 0.25) is 10.0 Å². The van der Waals surface area contributed by atoms with Gasteiger partial charge in [0.25, 0.3) is 0 Å². The van der Waals surface area contributed by atoms with Gasteiger partial charge >= 0.3 is 0 Å². The third-order valence-electron chi connectivity index (χ3n) is 3.90. The number of halogens is 2. The second-order valence-corrected chi connectivity index (χ2v) is 6.42. The van der Waals surface area contributed by atoms with Crippen molar-refractivity contribution >= 4 is 23.2 Å². The Kier molecular flexibility index (Phi) is 6.63. The van der Waals surface area contributed by atoms with Crippen LogP contribution in [0.15, 0.2) is 18.2 Å². The maximum absolute atomic E-state index is 6.23. The standard InChI is InChI=1S/C16H24Cl2N2/c1-2-8-19-15-4-3-9-20(12-15)10-7-13-5-6-14(17)11-16(13)18/h5-6,11,15,19H,2-4,7-10,12H2,1H3. The molecule has 0 amide bonds. The number of piperidine rings is 1.